The lowest BCUT2D eigenvalue weighted by Gasteiger charge is -2.16. The van der Waals surface area contributed by atoms with Gasteiger partial charge in [0.1, 0.15) is 5.75 Å². The largest absolute Gasteiger partial charge is 0.493 e. The van der Waals surface area contributed by atoms with Crippen molar-refractivity contribution in [3.63, 3.8) is 0 Å². The molecule has 0 spiro atoms. The van der Waals surface area contributed by atoms with Crippen LogP contribution in [0.25, 0.3) is 0 Å². The SMILES string of the molecule is CC(C)NC(C#N)CCOc1cccc(N(C)C)c1. The quantitative estimate of drug-likeness (QED) is 0.819. The lowest BCUT2D eigenvalue weighted by atomic mass is 10.2. The molecule has 0 saturated heterocycles. The van der Waals surface area contributed by atoms with E-state index in [0.717, 1.165) is 11.4 Å². The van der Waals surface area contributed by atoms with Gasteiger partial charge < -0.3 is 9.64 Å². The summed E-state index contributed by atoms with van der Waals surface area (Å²) in [6.07, 6.45) is 0.681. The monoisotopic (exact) mass is 261 g/mol. The second-order valence-corrected chi connectivity index (χ2v) is 5.03. The predicted molar refractivity (Wildman–Crippen MR) is 78.6 cm³/mol. The Morgan fingerprint density at radius 3 is 2.68 bits per heavy atom. The normalized spacial score (nSPS) is 12.0. The number of nitrogens with one attached hydrogen (secondary N) is 1. The Morgan fingerprint density at radius 1 is 1.37 bits per heavy atom. The molecule has 1 unspecified atom stereocenters. The molecular formula is C15H23N3O. The van der Waals surface area contributed by atoms with E-state index in [9.17, 15) is 0 Å². The summed E-state index contributed by atoms with van der Waals surface area (Å²) in [7, 11) is 3.99. The van der Waals surface area contributed by atoms with Gasteiger partial charge in [0.2, 0.25) is 0 Å². The molecule has 1 aromatic rings. The van der Waals surface area contributed by atoms with Gasteiger partial charge in [0, 0.05) is 38.3 Å². The average Bonchev–Trinajstić information content (AvgIpc) is 2.37. The summed E-state index contributed by atoms with van der Waals surface area (Å²) in [5.74, 6) is 0.840. The zero-order chi connectivity index (χ0) is 14.3. The highest BCUT2D eigenvalue weighted by Gasteiger charge is 2.08. The number of nitriles is 1. The van der Waals surface area contributed by atoms with Crippen molar-refractivity contribution in [2.75, 3.05) is 25.6 Å². The summed E-state index contributed by atoms with van der Waals surface area (Å²) in [6, 6.07) is 10.3. The molecule has 0 radical (unpaired) electrons. The van der Waals surface area contributed by atoms with Crippen LogP contribution >= 0.6 is 0 Å². The fourth-order valence-corrected chi connectivity index (χ4v) is 1.73. The standard InChI is InChI=1S/C15H23N3O/c1-12(2)17-13(11-16)8-9-19-15-7-5-6-14(10-15)18(3)4/h5-7,10,12-13,17H,8-9H2,1-4H3. The lowest BCUT2D eigenvalue weighted by Crippen LogP contribution is -2.34. The summed E-state index contributed by atoms with van der Waals surface area (Å²) >= 11 is 0. The number of nitrogens with zero attached hydrogens (tertiary/aromatic N) is 2. The first-order valence-corrected chi connectivity index (χ1v) is 6.58. The Kier molecular flexibility index (Phi) is 6.17. The van der Waals surface area contributed by atoms with Crippen molar-refractivity contribution in [3.05, 3.63) is 24.3 Å². The second kappa shape index (κ2) is 7.65. The Bertz CT molecular complexity index is 424. The number of hydrogen-bond donors (Lipinski definition) is 1. The van der Waals surface area contributed by atoms with E-state index in [2.05, 4.69) is 11.4 Å². The minimum atomic E-state index is -0.156. The van der Waals surface area contributed by atoms with Crippen LogP contribution in [0, 0.1) is 11.3 Å². The molecule has 0 aliphatic heterocycles. The number of anilines is 1. The molecule has 19 heavy (non-hydrogen) atoms. The lowest BCUT2D eigenvalue weighted by molar-refractivity contribution is 0.294. The van der Waals surface area contributed by atoms with Crippen molar-refractivity contribution in [1.82, 2.24) is 5.32 Å². The molecule has 1 rings (SSSR count). The van der Waals surface area contributed by atoms with E-state index in [1.54, 1.807) is 0 Å². The minimum Gasteiger partial charge on any atom is -0.493 e. The van der Waals surface area contributed by atoms with Gasteiger partial charge in [-0.05, 0) is 26.0 Å². The first-order valence-electron chi connectivity index (χ1n) is 6.58. The maximum absolute atomic E-state index is 9.01. The van der Waals surface area contributed by atoms with Crippen LogP contribution in [0.1, 0.15) is 20.3 Å². The zero-order valence-electron chi connectivity index (χ0n) is 12.2. The number of rotatable bonds is 7. The minimum absolute atomic E-state index is 0.156. The third-order valence-corrected chi connectivity index (χ3v) is 2.70. The molecule has 4 heteroatoms. The molecule has 0 aliphatic rings. The van der Waals surface area contributed by atoms with Crippen LogP contribution in [0.3, 0.4) is 0 Å². The first-order chi connectivity index (χ1) is 9.02. The van der Waals surface area contributed by atoms with Crippen LogP contribution in [0.2, 0.25) is 0 Å². The molecule has 0 aliphatic carbocycles. The van der Waals surface area contributed by atoms with E-state index in [1.807, 2.05) is 57.1 Å². The maximum Gasteiger partial charge on any atom is 0.121 e. The van der Waals surface area contributed by atoms with E-state index in [1.165, 1.54) is 0 Å². The summed E-state index contributed by atoms with van der Waals surface area (Å²) in [6.45, 7) is 4.60. The third-order valence-electron chi connectivity index (χ3n) is 2.70. The summed E-state index contributed by atoms with van der Waals surface area (Å²) in [5, 5.41) is 12.2. The average molecular weight is 261 g/mol. The van der Waals surface area contributed by atoms with Gasteiger partial charge in [-0.15, -0.1) is 0 Å². The maximum atomic E-state index is 9.01. The molecule has 4 nitrogen and oxygen atoms in total. The topological polar surface area (TPSA) is 48.3 Å². The van der Waals surface area contributed by atoms with Gasteiger partial charge in [-0.3, -0.25) is 5.32 Å². The van der Waals surface area contributed by atoms with Crippen LogP contribution in [0.15, 0.2) is 24.3 Å². The number of hydrogen-bond acceptors (Lipinski definition) is 4. The number of ether oxygens (including phenoxy) is 1. The van der Waals surface area contributed by atoms with Crippen molar-refractivity contribution in [2.45, 2.75) is 32.4 Å². The molecule has 1 aromatic carbocycles. The van der Waals surface area contributed by atoms with Gasteiger partial charge in [-0.25, -0.2) is 0 Å². The molecular weight excluding hydrogens is 238 g/mol. The van der Waals surface area contributed by atoms with Gasteiger partial charge in [-0.1, -0.05) is 6.07 Å². The highest BCUT2D eigenvalue weighted by atomic mass is 16.5. The predicted octanol–water partition coefficient (Wildman–Crippen LogP) is 2.41. The number of benzene rings is 1. The van der Waals surface area contributed by atoms with Crippen LogP contribution < -0.4 is 15.0 Å². The molecule has 1 N–H and O–H groups in total. The zero-order valence-corrected chi connectivity index (χ0v) is 12.2. The van der Waals surface area contributed by atoms with E-state index < -0.39 is 0 Å². The molecule has 0 fully saturated rings. The third kappa shape index (κ3) is 5.62. The Morgan fingerprint density at radius 2 is 2.11 bits per heavy atom. The molecule has 1 atom stereocenters. The summed E-state index contributed by atoms with van der Waals surface area (Å²) < 4.78 is 5.69. The van der Waals surface area contributed by atoms with Gasteiger partial charge in [0.05, 0.1) is 18.7 Å². The fourth-order valence-electron chi connectivity index (χ4n) is 1.73. The van der Waals surface area contributed by atoms with Gasteiger partial charge >= 0.3 is 0 Å². The van der Waals surface area contributed by atoms with E-state index in [-0.39, 0.29) is 6.04 Å². The van der Waals surface area contributed by atoms with Crippen molar-refractivity contribution in [3.8, 4) is 11.8 Å². The molecule has 0 aromatic heterocycles. The highest BCUT2D eigenvalue weighted by molar-refractivity contribution is 5.49. The first kappa shape index (κ1) is 15.3. The highest BCUT2D eigenvalue weighted by Crippen LogP contribution is 2.19. The van der Waals surface area contributed by atoms with E-state index >= 15 is 0 Å². The van der Waals surface area contributed by atoms with Gasteiger partial charge in [0.15, 0.2) is 0 Å². The van der Waals surface area contributed by atoms with Crippen molar-refractivity contribution in [2.24, 2.45) is 0 Å². The van der Waals surface area contributed by atoms with Crippen LogP contribution in [0.5, 0.6) is 5.75 Å². The molecule has 104 valence electrons. The molecule has 0 heterocycles. The Hall–Kier alpha value is -1.73. The van der Waals surface area contributed by atoms with Gasteiger partial charge in [-0.2, -0.15) is 5.26 Å². The summed E-state index contributed by atoms with van der Waals surface area (Å²) in [5.41, 5.74) is 1.11. The van der Waals surface area contributed by atoms with Crippen molar-refractivity contribution < 1.29 is 4.74 Å². The van der Waals surface area contributed by atoms with E-state index in [0.29, 0.717) is 19.1 Å². The molecule has 0 bridgehead atoms. The molecule has 0 saturated carbocycles. The molecule has 0 amide bonds. The van der Waals surface area contributed by atoms with Crippen molar-refractivity contribution >= 4 is 5.69 Å². The summed E-state index contributed by atoms with van der Waals surface area (Å²) in [4.78, 5) is 2.03. The van der Waals surface area contributed by atoms with Gasteiger partial charge in [0.25, 0.3) is 0 Å². The van der Waals surface area contributed by atoms with Crippen LogP contribution in [0.4, 0.5) is 5.69 Å². The Labute approximate surface area is 116 Å². The Balaban J connectivity index is 2.44. The van der Waals surface area contributed by atoms with E-state index in [4.69, 9.17) is 10.00 Å². The van der Waals surface area contributed by atoms with Crippen LogP contribution in [-0.4, -0.2) is 32.8 Å². The smallest absolute Gasteiger partial charge is 0.121 e. The fraction of sp³-hybridized carbons (Fsp3) is 0.533. The van der Waals surface area contributed by atoms with Crippen molar-refractivity contribution in [1.29, 1.82) is 5.26 Å². The second-order valence-electron chi connectivity index (χ2n) is 5.03. The van der Waals surface area contributed by atoms with Crippen LogP contribution in [-0.2, 0) is 0 Å².